The van der Waals surface area contributed by atoms with Gasteiger partial charge in [-0.1, -0.05) is 6.92 Å². The molecule has 6 heteroatoms. The molecule has 0 bridgehead atoms. The Kier molecular flexibility index (Phi) is 6.68. The molecule has 160 valence electrons. The van der Waals surface area contributed by atoms with E-state index in [2.05, 4.69) is 33.9 Å². The first-order valence-electron chi connectivity index (χ1n) is 11.7. The summed E-state index contributed by atoms with van der Waals surface area (Å²) in [5.74, 6) is 1.96. The van der Waals surface area contributed by atoms with Crippen LogP contribution in [0.3, 0.4) is 0 Å². The van der Waals surface area contributed by atoms with E-state index in [1.165, 1.54) is 38.8 Å². The molecule has 2 unspecified atom stereocenters. The zero-order chi connectivity index (χ0) is 20.2. The van der Waals surface area contributed by atoms with E-state index < -0.39 is 0 Å². The number of fused-ring (bicyclic) bond motifs is 1. The van der Waals surface area contributed by atoms with Crippen LogP contribution in [0.4, 0.5) is 5.95 Å². The number of piperidine rings is 1. The SMILES string of the molecule is CC1CCN(c2ncc3c(n2)CCC(C(=O)NCCC(C)N2CCCC2)C3)CC1. The largest absolute Gasteiger partial charge is 0.356 e. The van der Waals surface area contributed by atoms with Crippen LogP contribution in [0.2, 0.25) is 0 Å². The minimum absolute atomic E-state index is 0.0647. The lowest BCUT2D eigenvalue weighted by Gasteiger charge is -2.31. The summed E-state index contributed by atoms with van der Waals surface area (Å²) >= 11 is 0. The van der Waals surface area contributed by atoms with Gasteiger partial charge in [0, 0.05) is 43.5 Å². The number of rotatable bonds is 6. The van der Waals surface area contributed by atoms with Crippen molar-refractivity contribution >= 4 is 11.9 Å². The predicted molar refractivity (Wildman–Crippen MR) is 116 cm³/mol. The first kappa shape index (κ1) is 20.6. The number of anilines is 1. The summed E-state index contributed by atoms with van der Waals surface area (Å²) in [6.07, 6.45) is 10.7. The standard InChI is InChI=1S/C23H37N5O/c1-17-8-13-28(14-9-17)23-25-16-20-15-19(5-6-21(20)26-23)22(29)24-10-7-18(2)27-11-3-4-12-27/h16-19H,3-15H2,1-2H3,(H,24,29). The maximum Gasteiger partial charge on any atom is 0.225 e. The molecule has 4 rings (SSSR count). The Morgan fingerprint density at radius 2 is 1.97 bits per heavy atom. The first-order valence-corrected chi connectivity index (χ1v) is 11.7. The van der Waals surface area contributed by atoms with Gasteiger partial charge in [-0.25, -0.2) is 9.97 Å². The lowest BCUT2D eigenvalue weighted by molar-refractivity contribution is -0.125. The molecule has 0 radical (unpaired) electrons. The van der Waals surface area contributed by atoms with Gasteiger partial charge in [0.05, 0.1) is 0 Å². The van der Waals surface area contributed by atoms with E-state index in [4.69, 9.17) is 4.98 Å². The maximum atomic E-state index is 12.7. The molecule has 2 saturated heterocycles. The van der Waals surface area contributed by atoms with Crippen molar-refractivity contribution in [2.24, 2.45) is 11.8 Å². The van der Waals surface area contributed by atoms with E-state index in [0.29, 0.717) is 6.04 Å². The summed E-state index contributed by atoms with van der Waals surface area (Å²) in [5.41, 5.74) is 2.32. The molecule has 29 heavy (non-hydrogen) atoms. The molecule has 2 atom stereocenters. The van der Waals surface area contributed by atoms with Crippen molar-refractivity contribution in [2.75, 3.05) is 37.6 Å². The van der Waals surface area contributed by atoms with Crippen LogP contribution in [0.15, 0.2) is 6.20 Å². The number of carbonyl (C=O) groups is 1. The normalized spacial score (nSPS) is 24.3. The first-order chi connectivity index (χ1) is 14.1. The third-order valence-corrected chi connectivity index (χ3v) is 7.20. The molecule has 3 aliphatic rings. The van der Waals surface area contributed by atoms with Crippen molar-refractivity contribution in [1.29, 1.82) is 0 Å². The fourth-order valence-corrected chi connectivity index (χ4v) is 5.00. The number of hydrogen-bond acceptors (Lipinski definition) is 5. The Hall–Kier alpha value is -1.69. The molecule has 6 nitrogen and oxygen atoms in total. The summed E-state index contributed by atoms with van der Waals surface area (Å²) in [6, 6.07) is 0.564. The van der Waals surface area contributed by atoms with E-state index >= 15 is 0 Å². The molecule has 1 aliphatic carbocycles. The number of nitrogens with zero attached hydrogens (tertiary/aromatic N) is 4. The molecule has 0 aromatic carbocycles. The molecule has 1 amide bonds. The molecule has 3 heterocycles. The second kappa shape index (κ2) is 9.41. The quantitative estimate of drug-likeness (QED) is 0.797. The van der Waals surface area contributed by atoms with Gasteiger partial charge in [-0.15, -0.1) is 0 Å². The van der Waals surface area contributed by atoms with E-state index in [-0.39, 0.29) is 11.8 Å². The molecule has 2 fully saturated rings. The van der Waals surface area contributed by atoms with Crippen molar-refractivity contribution in [1.82, 2.24) is 20.2 Å². The van der Waals surface area contributed by atoms with Crippen LogP contribution in [-0.4, -0.2) is 59.5 Å². The highest BCUT2D eigenvalue weighted by Crippen LogP contribution is 2.27. The zero-order valence-corrected chi connectivity index (χ0v) is 18.2. The van der Waals surface area contributed by atoms with Gasteiger partial charge in [0.1, 0.15) is 0 Å². The Morgan fingerprint density at radius 1 is 1.21 bits per heavy atom. The Balaban J connectivity index is 1.26. The molecule has 0 saturated carbocycles. The fraction of sp³-hybridized carbons (Fsp3) is 0.783. The van der Waals surface area contributed by atoms with Crippen molar-refractivity contribution < 1.29 is 4.79 Å². The Bertz CT molecular complexity index is 695. The number of carbonyl (C=O) groups excluding carboxylic acids is 1. The number of amides is 1. The van der Waals surface area contributed by atoms with Crippen molar-refractivity contribution in [3.63, 3.8) is 0 Å². The topological polar surface area (TPSA) is 61.4 Å². The predicted octanol–water partition coefficient (Wildman–Crippen LogP) is 2.81. The second-order valence-electron chi connectivity index (χ2n) is 9.42. The van der Waals surface area contributed by atoms with Crippen LogP contribution in [0, 0.1) is 11.8 Å². The van der Waals surface area contributed by atoms with Gasteiger partial charge in [-0.3, -0.25) is 4.79 Å². The van der Waals surface area contributed by atoms with Crippen LogP contribution >= 0.6 is 0 Å². The van der Waals surface area contributed by atoms with Gasteiger partial charge in [0.25, 0.3) is 0 Å². The summed E-state index contributed by atoms with van der Waals surface area (Å²) in [5, 5.41) is 3.19. The Labute approximate surface area is 175 Å². The van der Waals surface area contributed by atoms with Crippen LogP contribution in [-0.2, 0) is 17.6 Å². The van der Waals surface area contributed by atoms with E-state index in [1.54, 1.807) is 0 Å². The molecule has 2 aliphatic heterocycles. The van der Waals surface area contributed by atoms with Gasteiger partial charge in [-0.2, -0.15) is 0 Å². The number of hydrogen-bond donors (Lipinski definition) is 1. The summed E-state index contributed by atoms with van der Waals surface area (Å²) in [4.78, 5) is 27.0. The fourth-order valence-electron chi connectivity index (χ4n) is 5.00. The van der Waals surface area contributed by atoms with E-state index in [0.717, 1.165) is 68.4 Å². The van der Waals surface area contributed by atoms with Crippen LogP contribution in [0.5, 0.6) is 0 Å². The summed E-state index contributed by atoms with van der Waals surface area (Å²) in [7, 11) is 0. The Morgan fingerprint density at radius 3 is 2.72 bits per heavy atom. The zero-order valence-electron chi connectivity index (χ0n) is 18.2. The second-order valence-corrected chi connectivity index (χ2v) is 9.42. The molecule has 1 aromatic rings. The van der Waals surface area contributed by atoms with Gasteiger partial charge in [0.15, 0.2) is 0 Å². The highest BCUT2D eigenvalue weighted by atomic mass is 16.1. The average molecular weight is 400 g/mol. The highest BCUT2D eigenvalue weighted by Gasteiger charge is 2.27. The van der Waals surface area contributed by atoms with E-state index in [1.807, 2.05) is 6.20 Å². The van der Waals surface area contributed by atoms with Gasteiger partial charge >= 0.3 is 0 Å². The summed E-state index contributed by atoms with van der Waals surface area (Å²) < 4.78 is 0. The van der Waals surface area contributed by atoms with Crippen LogP contribution in [0.25, 0.3) is 0 Å². The number of likely N-dealkylation sites (tertiary alicyclic amines) is 1. The maximum absolute atomic E-state index is 12.7. The highest BCUT2D eigenvalue weighted by molar-refractivity contribution is 5.79. The molecular weight excluding hydrogens is 362 g/mol. The van der Waals surface area contributed by atoms with Crippen LogP contribution in [0.1, 0.15) is 63.6 Å². The lowest BCUT2D eigenvalue weighted by Crippen LogP contribution is -2.38. The monoisotopic (exact) mass is 399 g/mol. The van der Waals surface area contributed by atoms with Crippen molar-refractivity contribution in [3.05, 3.63) is 17.5 Å². The molecular formula is C23H37N5O. The van der Waals surface area contributed by atoms with Crippen LogP contribution < -0.4 is 10.2 Å². The number of aryl methyl sites for hydroxylation is 1. The lowest BCUT2D eigenvalue weighted by atomic mass is 9.86. The van der Waals surface area contributed by atoms with Gasteiger partial charge < -0.3 is 15.1 Å². The van der Waals surface area contributed by atoms with E-state index in [9.17, 15) is 4.79 Å². The smallest absolute Gasteiger partial charge is 0.225 e. The van der Waals surface area contributed by atoms with Gasteiger partial charge in [-0.05, 0) is 82.9 Å². The third kappa shape index (κ3) is 5.08. The summed E-state index contributed by atoms with van der Waals surface area (Å²) in [6.45, 7) is 9.93. The molecule has 1 N–H and O–H groups in total. The van der Waals surface area contributed by atoms with Gasteiger partial charge in [0.2, 0.25) is 11.9 Å². The number of nitrogens with one attached hydrogen (secondary N) is 1. The van der Waals surface area contributed by atoms with Crippen molar-refractivity contribution in [2.45, 2.75) is 71.3 Å². The molecule has 0 spiro atoms. The third-order valence-electron chi connectivity index (χ3n) is 7.20. The minimum atomic E-state index is 0.0647. The van der Waals surface area contributed by atoms with Crippen molar-refractivity contribution in [3.8, 4) is 0 Å². The average Bonchev–Trinajstić information content (AvgIpc) is 3.28. The number of aromatic nitrogens is 2. The molecule has 1 aromatic heterocycles. The minimum Gasteiger partial charge on any atom is -0.356 e.